The van der Waals surface area contributed by atoms with Crippen LogP contribution in [0.3, 0.4) is 0 Å². The number of nitrogens with zero attached hydrogens (tertiary/aromatic N) is 2. The normalized spacial score (nSPS) is 22.4. The molecule has 0 spiro atoms. The van der Waals surface area contributed by atoms with Gasteiger partial charge >= 0.3 is 0 Å². The summed E-state index contributed by atoms with van der Waals surface area (Å²) >= 11 is 0. The lowest BCUT2D eigenvalue weighted by Gasteiger charge is -2.37. The van der Waals surface area contributed by atoms with Gasteiger partial charge in [0.25, 0.3) is 0 Å². The predicted molar refractivity (Wildman–Crippen MR) is 103 cm³/mol. The summed E-state index contributed by atoms with van der Waals surface area (Å²) in [5, 5.41) is 6.31. The van der Waals surface area contributed by atoms with Crippen LogP contribution >= 0.6 is 0 Å². The van der Waals surface area contributed by atoms with E-state index in [-0.39, 0.29) is 0 Å². The van der Waals surface area contributed by atoms with E-state index in [9.17, 15) is 0 Å². The molecule has 3 heteroatoms. The topological polar surface area (TPSA) is 20.2 Å². The second kappa shape index (κ2) is 6.58. The molecule has 1 aliphatic rings. The molecule has 2 atom stereocenters. The molecule has 1 fully saturated rings. The van der Waals surface area contributed by atoms with Crippen LogP contribution in [-0.2, 0) is 6.54 Å². The van der Waals surface area contributed by atoms with Crippen LogP contribution in [0.4, 0.5) is 0 Å². The van der Waals surface area contributed by atoms with Crippen LogP contribution in [-0.4, -0.2) is 41.2 Å². The van der Waals surface area contributed by atoms with E-state index in [2.05, 4.69) is 77.2 Å². The largest absolute Gasteiger partial charge is 0.340 e. The molecule has 0 aliphatic carbocycles. The molecule has 3 aromatic rings. The SMILES string of the molecule is C[C@@H]1CN(CCCn2c3ccccc3c3ccccc32)[C@H](C)CN1. The molecule has 3 nitrogen and oxygen atoms in total. The third kappa shape index (κ3) is 2.83. The van der Waals surface area contributed by atoms with E-state index in [4.69, 9.17) is 0 Å². The summed E-state index contributed by atoms with van der Waals surface area (Å²) in [5.74, 6) is 0. The van der Waals surface area contributed by atoms with Crippen LogP contribution in [0.5, 0.6) is 0 Å². The van der Waals surface area contributed by atoms with Crippen molar-refractivity contribution in [2.24, 2.45) is 0 Å². The smallest absolute Gasteiger partial charge is 0.0491 e. The fourth-order valence-corrected chi connectivity index (χ4v) is 4.08. The lowest BCUT2D eigenvalue weighted by Crippen LogP contribution is -2.54. The lowest BCUT2D eigenvalue weighted by molar-refractivity contribution is 0.143. The third-order valence-electron chi connectivity index (χ3n) is 5.40. The Morgan fingerprint density at radius 1 is 0.917 bits per heavy atom. The van der Waals surface area contributed by atoms with Gasteiger partial charge in [-0.15, -0.1) is 0 Å². The molecule has 24 heavy (non-hydrogen) atoms. The molecular formula is C21H27N3. The maximum atomic E-state index is 3.57. The summed E-state index contributed by atoms with van der Waals surface area (Å²) < 4.78 is 2.50. The Hall–Kier alpha value is -1.84. The Morgan fingerprint density at radius 2 is 1.54 bits per heavy atom. The number of piperazine rings is 1. The highest BCUT2D eigenvalue weighted by atomic mass is 15.2. The van der Waals surface area contributed by atoms with Crippen LogP contribution in [0.2, 0.25) is 0 Å². The number of rotatable bonds is 4. The average Bonchev–Trinajstić information content (AvgIpc) is 2.93. The first-order chi connectivity index (χ1) is 11.7. The van der Waals surface area contributed by atoms with Crippen molar-refractivity contribution in [3.05, 3.63) is 48.5 Å². The summed E-state index contributed by atoms with van der Waals surface area (Å²) in [5.41, 5.74) is 2.72. The number of fused-ring (bicyclic) bond motifs is 3. The number of benzene rings is 2. The Bertz CT molecular complexity index is 782. The monoisotopic (exact) mass is 321 g/mol. The minimum Gasteiger partial charge on any atom is -0.340 e. The molecule has 0 bridgehead atoms. The molecule has 1 aliphatic heterocycles. The quantitative estimate of drug-likeness (QED) is 0.787. The first-order valence-electron chi connectivity index (χ1n) is 9.17. The van der Waals surface area contributed by atoms with E-state index in [0.29, 0.717) is 12.1 Å². The van der Waals surface area contributed by atoms with Gasteiger partial charge in [-0.05, 0) is 32.4 Å². The van der Waals surface area contributed by atoms with Gasteiger partial charge in [-0.2, -0.15) is 0 Å². The highest BCUT2D eigenvalue weighted by Gasteiger charge is 2.21. The molecule has 2 aromatic carbocycles. The summed E-state index contributed by atoms with van der Waals surface area (Å²) in [6.45, 7) is 9.14. The molecule has 126 valence electrons. The average molecular weight is 321 g/mol. The molecule has 0 amide bonds. The number of nitrogens with one attached hydrogen (secondary N) is 1. The number of hydrogen-bond donors (Lipinski definition) is 1. The number of hydrogen-bond acceptors (Lipinski definition) is 2. The number of aromatic nitrogens is 1. The molecule has 4 rings (SSSR count). The predicted octanol–water partition coefficient (Wildman–Crippen LogP) is 3.87. The third-order valence-corrected chi connectivity index (χ3v) is 5.40. The molecule has 0 unspecified atom stereocenters. The molecule has 1 N–H and O–H groups in total. The second-order valence-corrected chi connectivity index (χ2v) is 7.19. The van der Waals surface area contributed by atoms with Crippen LogP contribution < -0.4 is 5.32 Å². The van der Waals surface area contributed by atoms with E-state index < -0.39 is 0 Å². The maximum Gasteiger partial charge on any atom is 0.0491 e. The summed E-state index contributed by atoms with van der Waals surface area (Å²) in [7, 11) is 0. The van der Waals surface area contributed by atoms with Crippen LogP contribution in [0.1, 0.15) is 20.3 Å². The lowest BCUT2D eigenvalue weighted by atomic mass is 10.1. The molecule has 1 saturated heterocycles. The van der Waals surface area contributed by atoms with Gasteiger partial charge < -0.3 is 9.88 Å². The fourth-order valence-electron chi connectivity index (χ4n) is 4.08. The van der Waals surface area contributed by atoms with Crippen molar-refractivity contribution in [3.63, 3.8) is 0 Å². The zero-order valence-electron chi connectivity index (χ0n) is 14.7. The first-order valence-corrected chi connectivity index (χ1v) is 9.17. The standard InChI is InChI=1S/C21H27N3/c1-16-15-23(17(2)14-22-16)12-7-13-24-20-10-5-3-8-18(20)19-9-4-6-11-21(19)24/h3-6,8-11,16-17,22H,7,12-15H2,1-2H3/t16-,17-/m1/s1. The fraction of sp³-hybridized carbons (Fsp3) is 0.429. The van der Waals surface area contributed by atoms with Crippen molar-refractivity contribution in [3.8, 4) is 0 Å². The van der Waals surface area contributed by atoms with E-state index in [1.54, 1.807) is 0 Å². The van der Waals surface area contributed by atoms with Crippen molar-refractivity contribution in [1.29, 1.82) is 0 Å². The Kier molecular flexibility index (Phi) is 4.30. The Balaban J connectivity index is 1.56. The van der Waals surface area contributed by atoms with Crippen LogP contribution in [0, 0.1) is 0 Å². The summed E-state index contributed by atoms with van der Waals surface area (Å²) in [4.78, 5) is 2.63. The zero-order valence-corrected chi connectivity index (χ0v) is 14.7. The van der Waals surface area contributed by atoms with E-state index in [0.717, 1.165) is 19.6 Å². The van der Waals surface area contributed by atoms with Gasteiger partial charge in [-0.1, -0.05) is 36.4 Å². The van der Waals surface area contributed by atoms with Gasteiger partial charge in [0.05, 0.1) is 0 Å². The van der Waals surface area contributed by atoms with E-state index in [1.165, 1.54) is 34.8 Å². The van der Waals surface area contributed by atoms with Crippen molar-refractivity contribution >= 4 is 21.8 Å². The Labute approximate surface area is 144 Å². The molecular weight excluding hydrogens is 294 g/mol. The highest BCUT2D eigenvalue weighted by molar-refractivity contribution is 6.07. The van der Waals surface area contributed by atoms with Crippen LogP contribution in [0.25, 0.3) is 21.8 Å². The van der Waals surface area contributed by atoms with Crippen molar-refractivity contribution in [2.75, 3.05) is 19.6 Å². The number of para-hydroxylation sites is 2. The summed E-state index contributed by atoms with van der Waals surface area (Å²) in [6, 6.07) is 18.8. The van der Waals surface area contributed by atoms with E-state index >= 15 is 0 Å². The van der Waals surface area contributed by atoms with Gasteiger partial charge in [0.2, 0.25) is 0 Å². The molecule has 2 heterocycles. The molecule has 0 radical (unpaired) electrons. The highest BCUT2D eigenvalue weighted by Crippen LogP contribution is 2.28. The maximum absolute atomic E-state index is 3.57. The van der Waals surface area contributed by atoms with Crippen molar-refractivity contribution in [2.45, 2.75) is 38.9 Å². The minimum atomic E-state index is 0.606. The van der Waals surface area contributed by atoms with Crippen LogP contribution in [0.15, 0.2) is 48.5 Å². The van der Waals surface area contributed by atoms with E-state index in [1.807, 2.05) is 0 Å². The van der Waals surface area contributed by atoms with Crippen molar-refractivity contribution < 1.29 is 0 Å². The molecule has 1 aromatic heterocycles. The van der Waals surface area contributed by atoms with Gasteiger partial charge in [-0.3, -0.25) is 4.90 Å². The van der Waals surface area contributed by atoms with Gasteiger partial charge in [-0.25, -0.2) is 0 Å². The second-order valence-electron chi connectivity index (χ2n) is 7.19. The minimum absolute atomic E-state index is 0.606. The van der Waals surface area contributed by atoms with Gasteiger partial charge in [0, 0.05) is 60.1 Å². The van der Waals surface area contributed by atoms with Crippen molar-refractivity contribution in [1.82, 2.24) is 14.8 Å². The van der Waals surface area contributed by atoms with Gasteiger partial charge in [0.15, 0.2) is 0 Å². The zero-order chi connectivity index (χ0) is 16.5. The summed E-state index contributed by atoms with van der Waals surface area (Å²) in [6.07, 6.45) is 1.19. The Morgan fingerprint density at radius 3 is 2.21 bits per heavy atom. The van der Waals surface area contributed by atoms with Gasteiger partial charge in [0.1, 0.15) is 0 Å². The number of aryl methyl sites for hydroxylation is 1. The first kappa shape index (κ1) is 15.7. The molecule has 0 saturated carbocycles.